The van der Waals surface area contributed by atoms with Crippen LogP contribution in [0.15, 0.2) is 35.8 Å². The van der Waals surface area contributed by atoms with E-state index < -0.39 is 0 Å². The van der Waals surface area contributed by atoms with E-state index in [0.717, 1.165) is 25.9 Å². The van der Waals surface area contributed by atoms with Gasteiger partial charge in [0.15, 0.2) is 4.96 Å². The van der Waals surface area contributed by atoms with E-state index in [-0.39, 0.29) is 17.8 Å². The van der Waals surface area contributed by atoms with Crippen molar-refractivity contribution in [2.45, 2.75) is 25.4 Å². The lowest BCUT2D eigenvalue weighted by Gasteiger charge is -2.27. The van der Waals surface area contributed by atoms with Crippen molar-refractivity contribution in [2.24, 2.45) is 0 Å². The molecule has 0 N–H and O–H groups in total. The Hall–Kier alpha value is -2.25. The van der Waals surface area contributed by atoms with Crippen molar-refractivity contribution in [1.82, 2.24) is 14.3 Å². The van der Waals surface area contributed by atoms with Crippen LogP contribution in [0.4, 0.5) is 4.39 Å². The predicted molar refractivity (Wildman–Crippen MR) is 99.0 cm³/mol. The number of thiazole rings is 1. The summed E-state index contributed by atoms with van der Waals surface area (Å²) in [4.78, 5) is 19.7. The number of carbonyl (C=O) groups excluding carboxylic acids is 1. The van der Waals surface area contributed by atoms with Crippen molar-refractivity contribution in [3.05, 3.63) is 47.4 Å². The van der Waals surface area contributed by atoms with Gasteiger partial charge in [-0.15, -0.1) is 11.3 Å². The number of hydrogen-bond donors (Lipinski definition) is 0. The number of carbonyl (C=O) groups is 1. The Morgan fingerprint density at radius 1 is 1.42 bits per heavy atom. The number of amides is 1. The van der Waals surface area contributed by atoms with Crippen LogP contribution in [0.1, 0.15) is 29.8 Å². The summed E-state index contributed by atoms with van der Waals surface area (Å²) in [5.74, 6) is -0.402. The maximum absolute atomic E-state index is 14.0. The predicted octanol–water partition coefficient (Wildman–Crippen LogP) is 3.84. The summed E-state index contributed by atoms with van der Waals surface area (Å²) in [7, 11) is 1.79. The summed E-state index contributed by atoms with van der Waals surface area (Å²) in [6.07, 6.45) is 5.04. The van der Waals surface area contributed by atoms with Crippen molar-refractivity contribution < 1.29 is 13.9 Å². The number of nitrogens with zero attached hydrogens (tertiary/aromatic N) is 3. The maximum atomic E-state index is 14.0. The molecule has 7 heteroatoms. The van der Waals surface area contributed by atoms with Crippen molar-refractivity contribution in [2.75, 3.05) is 20.2 Å². The zero-order valence-electron chi connectivity index (χ0n) is 14.5. The van der Waals surface area contributed by atoms with Crippen LogP contribution in [0.5, 0.6) is 0 Å². The number of halogens is 1. The second kappa shape index (κ2) is 7.17. The van der Waals surface area contributed by atoms with Gasteiger partial charge in [-0.3, -0.25) is 9.20 Å². The molecule has 0 radical (unpaired) electrons. The van der Waals surface area contributed by atoms with Gasteiger partial charge in [0.1, 0.15) is 11.5 Å². The van der Waals surface area contributed by atoms with Crippen LogP contribution in [0.2, 0.25) is 0 Å². The van der Waals surface area contributed by atoms with Gasteiger partial charge in [0.2, 0.25) is 0 Å². The Balaban J connectivity index is 1.58. The molecule has 136 valence electrons. The Morgan fingerprint density at radius 2 is 2.27 bits per heavy atom. The first kappa shape index (κ1) is 17.2. The number of imidazole rings is 1. The molecule has 1 fully saturated rings. The molecule has 2 aromatic heterocycles. The molecule has 1 amide bonds. The molecule has 1 aromatic carbocycles. The van der Waals surface area contributed by atoms with E-state index >= 15 is 0 Å². The molecule has 4 rings (SSSR count). The number of likely N-dealkylation sites (N-methyl/N-ethyl adjacent to an activating group) is 1. The number of benzene rings is 1. The quantitative estimate of drug-likeness (QED) is 0.698. The molecule has 1 saturated heterocycles. The Bertz CT molecular complexity index is 930. The van der Waals surface area contributed by atoms with Crippen LogP contribution in [-0.2, 0) is 4.74 Å². The lowest BCUT2D eigenvalue weighted by molar-refractivity contribution is -0.000302. The highest BCUT2D eigenvalue weighted by Gasteiger charge is 2.23. The molecular formula is C19H20FN3O2S. The molecule has 26 heavy (non-hydrogen) atoms. The lowest BCUT2D eigenvalue weighted by atomic mass is 10.1. The lowest BCUT2D eigenvalue weighted by Crippen LogP contribution is -2.37. The van der Waals surface area contributed by atoms with Crippen molar-refractivity contribution in [3.8, 4) is 11.3 Å². The third-order valence-corrected chi connectivity index (χ3v) is 5.52. The normalized spacial score (nSPS) is 17.5. The highest BCUT2D eigenvalue weighted by atomic mass is 32.1. The largest absolute Gasteiger partial charge is 0.376 e. The van der Waals surface area contributed by atoms with Gasteiger partial charge in [-0.2, -0.15) is 0 Å². The first-order valence-corrected chi connectivity index (χ1v) is 9.60. The van der Waals surface area contributed by atoms with Gasteiger partial charge in [0.05, 0.1) is 11.8 Å². The third-order valence-electron chi connectivity index (χ3n) is 4.68. The van der Waals surface area contributed by atoms with E-state index in [1.165, 1.54) is 17.4 Å². The van der Waals surface area contributed by atoms with Gasteiger partial charge in [0.25, 0.3) is 5.91 Å². The molecule has 1 aliphatic heterocycles. The minimum Gasteiger partial charge on any atom is -0.376 e. The molecule has 1 aliphatic rings. The highest BCUT2D eigenvalue weighted by Crippen LogP contribution is 2.26. The maximum Gasteiger partial charge on any atom is 0.271 e. The number of ether oxygens (including phenoxy) is 1. The summed E-state index contributed by atoms with van der Waals surface area (Å²) < 4.78 is 21.5. The van der Waals surface area contributed by atoms with E-state index in [1.54, 1.807) is 46.1 Å². The van der Waals surface area contributed by atoms with Gasteiger partial charge >= 0.3 is 0 Å². The van der Waals surface area contributed by atoms with E-state index in [0.29, 0.717) is 28.5 Å². The van der Waals surface area contributed by atoms with E-state index in [1.807, 2.05) is 0 Å². The molecule has 3 aromatic rings. The number of aromatic nitrogens is 2. The average molecular weight is 373 g/mol. The van der Waals surface area contributed by atoms with E-state index in [4.69, 9.17) is 4.74 Å². The number of fused-ring (bicyclic) bond motifs is 1. The highest BCUT2D eigenvalue weighted by molar-refractivity contribution is 7.15. The Kier molecular flexibility index (Phi) is 4.74. The second-order valence-corrected chi connectivity index (χ2v) is 7.39. The number of hydrogen-bond acceptors (Lipinski definition) is 4. The van der Waals surface area contributed by atoms with Crippen LogP contribution >= 0.6 is 11.3 Å². The summed E-state index contributed by atoms with van der Waals surface area (Å²) >= 11 is 1.38. The SMILES string of the molecule is CN(CC1CCCCO1)C(=O)c1csc2nc(-c3ccccc3F)cn12. The van der Waals surface area contributed by atoms with Crippen LogP contribution in [0, 0.1) is 5.82 Å². The van der Waals surface area contributed by atoms with Gasteiger partial charge in [0, 0.05) is 37.3 Å². The molecule has 5 nitrogen and oxygen atoms in total. The van der Waals surface area contributed by atoms with Crippen LogP contribution in [0.3, 0.4) is 0 Å². The van der Waals surface area contributed by atoms with E-state index in [9.17, 15) is 9.18 Å². The molecule has 1 unspecified atom stereocenters. The van der Waals surface area contributed by atoms with Crippen LogP contribution in [-0.4, -0.2) is 46.5 Å². The van der Waals surface area contributed by atoms with Gasteiger partial charge in [-0.05, 0) is 31.4 Å². The summed E-state index contributed by atoms with van der Waals surface area (Å²) in [5.41, 5.74) is 1.51. The molecule has 0 spiro atoms. The standard InChI is InChI=1S/C19H20FN3O2S/c1-22(10-13-6-4-5-9-25-13)18(24)17-12-26-19-21-16(11-23(17)19)14-7-2-3-8-15(14)20/h2-3,7-8,11-13H,4-6,9-10H2,1H3. The van der Waals surface area contributed by atoms with Gasteiger partial charge < -0.3 is 9.64 Å². The van der Waals surface area contributed by atoms with Gasteiger partial charge in [-0.25, -0.2) is 9.37 Å². The van der Waals surface area contributed by atoms with Crippen LogP contribution in [0.25, 0.3) is 16.2 Å². The fraction of sp³-hybridized carbons (Fsp3) is 0.368. The third kappa shape index (κ3) is 3.24. The van der Waals surface area contributed by atoms with E-state index in [2.05, 4.69) is 4.98 Å². The summed E-state index contributed by atoms with van der Waals surface area (Å²) in [5, 5.41) is 1.80. The smallest absolute Gasteiger partial charge is 0.271 e. The van der Waals surface area contributed by atoms with Crippen LogP contribution < -0.4 is 0 Å². The first-order valence-electron chi connectivity index (χ1n) is 8.72. The average Bonchev–Trinajstić information content (AvgIpc) is 3.23. The Labute approximate surface area is 155 Å². The number of rotatable bonds is 4. The second-order valence-electron chi connectivity index (χ2n) is 6.55. The van der Waals surface area contributed by atoms with Gasteiger partial charge in [-0.1, -0.05) is 12.1 Å². The summed E-state index contributed by atoms with van der Waals surface area (Å²) in [6.45, 7) is 1.34. The molecule has 0 saturated carbocycles. The van der Waals surface area contributed by atoms with Crippen molar-refractivity contribution in [1.29, 1.82) is 0 Å². The Morgan fingerprint density at radius 3 is 3.04 bits per heavy atom. The molecule has 3 heterocycles. The molecular weight excluding hydrogens is 353 g/mol. The minimum atomic E-state index is -0.322. The molecule has 1 atom stereocenters. The summed E-state index contributed by atoms with van der Waals surface area (Å²) in [6, 6.07) is 6.52. The molecule has 0 aliphatic carbocycles. The monoisotopic (exact) mass is 373 g/mol. The van der Waals surface area contributed by atoms with Crippen molar-refractivity contribution in [3.63, 3.8) is 0 Å². The first-order chi connectivity index (χ1) is 12.6. The topological polar surface area (TPSA) is 46.8 Å². The zero-order chi connectivity index (χ0) is 18.1. The zero-order valence-corrected chi connectivity index (χ0v) is 15.3. The fourth-order valence-corrected chi connectivity index (χ4v) is 4.12. The molecule has 0 bridgehead atoms. The fourth-order valence-electron chi connectivity index (χ4n) is 3.27. The van der Waals surface area contributed by atoms with Crippen molar-refractivity contribution >= 4 is 22.2 Å². The minimum absolute atomic E-state index is 0.0806.